The molecule has 0 aromatic rings. The van der Waals surface area contributed by atoms with Crippen LogP contribution in [-0.4, -0.2) is 37.5 Å². The largest absolute Gasteiger partial charge is 0.316 e. The molecule has 0 unspecified atom stereocenters. The Labute approximate surface area is 75.8 Å². The van der Waals surface area contributed by atoms with Crippen LogP contribution in [0.5, 0.6) is 0 Å². The summed E-state index contributed by atoms with van der Waals surface area (Å²) in [5.74, 6) is 1.01. The van der Waals surface area contributed by atoms with Gasteiger partial charge in [0.1, 0.15) is 6.67 Å². The lowest BCUT2D eigenvalue weighted by Crippen LogP contribution is -2.44. The standard InChI is InChI=1S/C8H20N2S/c1-10(2,8-9)6-4-3-5-7-11/h3-9H2,1-2H3/p+1. The normalized spacial score (nSPS) is 12.0. The Kier molecular flexibility index (Phi) is 6.01. The Bertz CT molecular complexity index is 94.1. The molecular weight excluding hydrogens is 156 g/mol. The molecule has 0 aliphatic carbocycles. The zero-order chi connectivity index (χ0) is 8.74. The SMILES string of the molecule is C[N+](C)(CN)CCCCCS. The van der Waals surface area contributed by atoms with Crippen molar-refractivity contribution < 1.29 is 4.48 Å². The molecule has 2 N–H and O–H groups in total. The maximum atomic E-state index is 5.58. The third kappa shape index (κ3) is 6.66. The van der Waals surface area contributed by atoms with E-state index >= 15 is 0 Å². The second kappa shape index (κ2) is 5.86. The van der Waals surface area contributed by atoms with Crippen LogP contribution in [0.1, 0.15) is 19.3 Å². The summed E-state index contributed by atoms with van der Waals surface area (Å²) in [6, 6.07) is 0. The van der Waals surface area contributed by atoms with Gasteiger partial charge in [-0.2, -0.15) is 12.6 Å². The molecule has 0 aromatic heterocycles. The fraction of sp³-hybridized carbons (Fsp3) is 1.00. The Balaban J connectivity index is 3.23. The zero-order valence-electron chi connectivity index (χ0n) is 7.71. The molecule has 0 aliphatic rings. The highest BCUT2D eigenvalue weighted by atomic mass is 32.1. The first-order chi connectivity index (χ1) is 5.12. The second-order valence-electron chi connectivity index (χ2n) is 3.63. The van der Waals surface area contributed by atoms with Crippen molar-refractivity contribution in [2.45, 2.75) is 19.3 Å². The van der Waals surface area contributed by atoms with Crippen LogP contribution in [0.15, 0.2) is 0 Å². The van der Waals surface area contributed by atoms with Gasteiger partial charge >= 0.3 is 0 Å². The summed E-state index contributed by atoms with van der Waals surface area (Å²) in [5.41, 5.74) is 5.58. The summed E-state index contributed by atoms with van der Waals surface area (Å²) in [6.07, 6.45) is 3.78. The zero-order valence-corrected chi connectivity index (χ0v) is 8.61. The number of hydrogen-bond donors (Lipinski definition) is 2. The molecule has 0 aromatic carbocycles. The summed E-state index contributed by atoms with van der Waals surface area (Å²) in [4.78, 5) is 0. The van der Waals surface area contributed by atoms with Crippen LogP contribution >= 0.6 is 12.6 Å². The lowest BCUT2D eigenvalue weighted by molar-refractivity contribution is -0.890. The van der Waals surface area contributed by atoms with Gasteiger partial charge in [-0.1, -0.05) is 0 Å². The van der Waals surface area contributed by atoms with Crippen molar-refractivity contribution in [2.75, 3.05) is 33.1 Å². The number of nitrogens with zero attached hydrogens (tertiary/aromatic N) is 1. The Morgan fingerprint density at radius 3 is 2.27 bits per heavy atom. The quantitative estimate of drug-likeness (QED) is 0.270. The van der Waals surface area contributed by atoms with Gasteiger partial charge in [0.15, 0.2) is 0 Å². The van der Waals surface area contributed by atoms with E-state index < -0.39 is 0 Å². The van der Waals surface area contributed by atoms with Gasteiger partial charge in [-0.05, 0) is 25.0 Å². The van der Waals surface area contributed by atoms with E-state index in [1.54, 1.807) is 0 Å². The summed E-state index contributed by atoms with van der Waals surface area (Å²) in [6.45, 7) is 1.92. The highest BCUT2D eigenvalue weighted by molar-refractivity contribution is 7.80. The van der Waals surface area contributed by atoms with Gasteiger partial charge < -0.3 is 4.48 Å². The fourth-order valence-electron chi connectivity index (χ4n) is 0.920. The van der Waals surface area contributed by atoms with Gasteiger partial charge in [0.05, 0.1) is 20.6 Å². The van der Waals surface area contributed by atoms with Crippen LogP contribution in [0.3, 0.4) is 0 Å². The van der Waals surface area contributed by atoms with Crippen molar-refractivity contribution in [3.63, 3.8) is 0 Å². The highest BCUT2D eigenvalue weighted by Crippen LogP contribution is 2.02. The fourth-order valence-corrected chi connectivity index (χ4v) is 1.14. The number of quaternary nitrogens is 1. The first kappa shape index (κ1) is 11.3. The molecule has 0 aliphatic heterocycles. The van der Waals surface area contributed by atoms with Crippen molar-refractivity contribution in [1.82, 2.24) is 0 Å². The maximum absolute atomic E-state index is 5.58. The van der Waals surface area contributed by atoms with Crippen LogP contribution in [0.25, 0.3) is 0 Å². The van der Waals surface area contributed by atoms with Crippen LogP contribution in [0, 0.1) is 0 Å². The summed E-state index contributed by atoms with van der Waals surface area (Å²) < 4.78 is 0.937. The molecule has 0 saturated heterocycles. The Morgan fingerprint density at radius 2 is 1.82 bits per heavy atom. The molecule has 0 amide bonds. The van der Waals surface area contributed by atoms with E-state index in [1.165, 1.54) is 25.8 Å². The van der Waals surface area contributed by atoms with Gasteiger partial charge in [0.25, 0.3) is 0 Å². The second-order valence-corrected chi connectivity index (χ2v) is 4.07. The van der Waals surface area contributed by atoms with Gasteiger partial charge in [-0.3, -0.25) is 5.73 Å². The van der Waals surface area contributed by atoms with Gasteiger partial charge in [-0.15, -0.1) is 0 Å². The number of rotatable bonds is 6. The predicted molar refractivity (Wildman–Crippen MR) is 53.7 cm³/mol. The summed E-state index contributed by atoms with van der Waals surface area (Å²) in [7, 11) is 4.33. The van der Waals surface area contributed by atoms with Crippen molar-refractivity contribution in [3.8, 4) is 0 Å². The van der Waals surface area contributed by atoms with Crippen LogP contribution in [-0.2, 0) is 0 Å². The van der Waals surface area contributed by atoms with Crippen molar-refractivity contribution in [3.05, 3.63) is 0 Å². The number of hydrogen-bond acceptors (Lipinski definition) is 2. The molecule has 0 fully saturated rings. The smallest absolute Gasteiger partial charge is 0.129 e. The van der Waals surface area contributed by atoms with E-state index in [4.69, 9.17) is 5.73 Å². The van der Waals surface area contributed by atoms with Crippen molar-refractivity contribution >= 4 is 12.6 Å². The molecule has 2 nitrogen and oxygen atoms in total. The van der Waals surface area contributed by atoms with E-state index in [0.717, 1.165) is 16.9 Å². The monoisotopic (exact) mass is 177 g/mol. The molecule has 11 heavy (non-hydrogen) atoms. The Hall–Kier alpha value is 0.270. The van der Waals surface area contributed by atoms with Gasteiger partial charge in [0, 0.05) is 0 Å². The molecule has 0 rings (SSSR count). The third-order valence-electron chi connectivity index (χ3n) is 1.92. The molecule has 0 saturated carbocycles. The summed E-state index contributed by atoms with van der Waals surface area (Å²) in [5, 5.41) is 0. The number of nitrogens with two attached hydrogens (primary N) is 1. The van der Waals surface area contributed by atoms with E-state index in [9.17, 15) is 0 Å². The average molecular weight is 177 g/mol. The molecular formula is C8H21N2S+. The molecule has 0 heterocycles. The van der Waals surface area contributed by atoms with E-state index in [2.05, 4.69) is 26.7 Å². The first-order valence-electron chi connectivity index (χ1n) is 4.25. The number of thiol groups is 1. The molecule has 0 spiro atoms. The third-order valence-corrected chi connectivity index (χ3v) is 2.23. The number of unbranched alkanes of at least 4 members (excludes halogenated alkanes) is 2. The van der Waals surface area contributed by atoms with E-state index in [0.29, 0.717) is 0 Å². The lowest BCUT2D eigenvalue weighted by atomic mass is 10.2. The van der Waals surface area contributed by atoms with Crippen LogP contribution in [0.4, 0.5) is 0 Å². The first-order valence-corrected chi connectivity index (χ1v) is 4.88. The van der Waals surface area contributed by atoms with E-state index in [1.807, 2.05) is 0 Å². The van der Waals surface area contributed by atoms with Crippen LogP contribution < -0.4 is 5.73 Å². The van der Waals surface area contributed by atoms with Gasteiger partial charge in [-0.25, -0.2) is 0 Å². The van der Waals surface area contributed by atoms with Crippen molar-refractivity contribution in [1.29, 1.82) is 0 Å². The van der Waals surface area contributed by atoms with Crippen LogP contribution in [0.2, 0.25) is 0 Å². The molecule has 68 valence electrons. The minimum atomic E-state index is 0.737. The Morgan fingerprint density at radius 1 is 1.18 bits per heavy atom. The van der Waals surface area contributed by atoms with E-state index in [-0.39, 0.29) is 0 Å². The topological polar surface area (TPSA) is 26.0 Å². The maximum Gasteiger partial charge on any atom is 0.129 e. The molecule has 0 atom stereocenters. The van der Waals surface area contributed by atoms with Gasteiger partial charge in [0.2, 0.25) is 0 Å². The molecule has 0 radical (unpaired) electrons. The lowest BCUT2D eigenvalue weighted by Gasteiger charge is -2.27. The summed E-state index contributed by atoms with van der Waals surface area (Å²) >= 11 is 4.16. The molecule has 3 heteroatoms. The predicted octanol–water partition coefficient (Wildman–Crippen LogP) is 1.08. The highest BCUT2D eigenvalue weighted by Gasteiger charge is 2.09. The molecule has 0 bridgehead atoms. The van der Waals surface area contributed by atoms with Crippen molar-refractivity contribution in [2.24, 2.45) is 5.73 Å². The average Bonchev–Trinajstić information content (AvgIpc) is 1.99. The minimum absolute atomic E-state index is 0.737. The minimum Gasteiger partial charge on any atom is -0.316 e.